The average molecular weight is 240 g/mol. The first-order chi connectivity index (χ1) is 7.83. The Balaban J connectivity index is 1.96. The molecule has 1 nitrogen and oxygen atoms in total. The first kappa shape index (κ1) is 13.7. The van der Waals surface area contributed by atoms with Crippen LogP contribution in [0.4, 0.5) is 0 Å². The molecule has 2 heteroatoms. The van der Waals surface area contributed by atoms with Gasteiger partial charge in [-0.1, -0.05) is 26.2 Å². The molecule has 0 bridgehead atoms. The lowest BCUT2D eigenvalue weighted by atomic mass is 10.1. The van der Waals surface area contributed by atoms with Gasteiger partial charge in [0.1, 0.15) is 0 Å². The third-order valence-corrected chi connectivity index (χ3v) is 3.55. The molecule has 0 aromatic carbocycles. The van der Waals surface area contributed by atoms with E-state index in [9.17, 15) is 0 Å². The first-order valence-corrected chi connectivity index (χ1v) is 7.40. The summed E-state index contributed by atoms with van der Waals surface area (Å²) in [6.45, 7) is 5.36. The Labute approximate surface area is 104 Å². The minimum Gasteiger partial charge on any atom is -0.378 e. The highest BCUT2D eigenvalue weighted by atomic mass is 32.1. The largest absolute Gasteiger partial charge is 0.378 e. The van der Waals surface area contributed by atoms with Gasteiger partial charge >= 0.3 is 0 Å². The van der Waals surface area contributed by atoms with E-state index >= 15 is 0 Å². The minimum atomic E-state index is 0.404. The van der Waals surface area contributed by atoms with Crippen molar-refractivity contribution in [1.29, 1.82) is 0 Å². The summed E-state index contributed by atoms with van der Waals surface area (Å²) in [4.78, 5) is 0. The van der Waals surface area contributed by atoms with E-state index in [0.29, 0.717) is 6.10 Å². The van der Waals surface area contributed by atoms with Crippen molar-refractivity contribution < 1.29 is 4.74 Å². The van der Waals surface area contributed by atoms with E-state index in [1.54, 1.807) is 11.3 Å². The maximum Gasteiger partial charge on any atom is 0.0550 e. The Bertz CT molecular complexity index is 243. The summed E-state index contributed by atoms with van der Waals surface area (Å²) in [6.07, 6.45) is 7.87. The number of thiophene rings is 1. The summed E-state index contributed by atoms with van der Waals surface area (Å²) in [7, 11) is 0. The molecule has 1 atom stereocenters. The topological polar surface area (TPSA) is 9.23 Å². The lowest BCUT2D eigenvalue weighted by molar-refractivity contribution is 0.0578. The molecule has 0 fully saturated rings. The van der Waals surface area contributed by atoms with Crippen molar-refractivity contribution in [3.8, 4) is 0 Å². The number of hydrogen-bond donors (Lipinski definition) is 0. The van der Waals surface area contributed by atoms with Crippen LogP contribution in [0.15, 0.2) is 16.8 Å². The SMILES string of the molecule is CCCCCCOC(C)CCc1ccsc1. The van der Waals surface area contributed by atoms with Gasteiger partial charge in [-0.2, -0.15) is 11.3 Å². The second-order valence-corrected chi connectivity index (χ2v) is 5.19. The Morgan fingerprint density at radius 2 is 2.19 bits per heavy atom. The predicted octanol–water partition coefficient (Wildman–Crippen LogP) is 4.67. The number of hydrogen-bond acceptors (Lipinski definition) is 2. The van der Waals surface area contributed by atoms with Crippen molar-refractivity contribution in [1.82, 2.24) is 0 Å². The van der Waals surface area contributed by atoms with Crippen molar-refractivity contribution in [2.45, 2.75) is 58.5 Å². The van der Waals surface area contributed by atoms with Gasteiger partial charge < -0.3 is 4.74 Å². The van der Waals surface area contributed by atoms with Gasteiger partial charge in [0.25, 0.3) is 0 Å². The highest BCUT2D eigenvalue weighted by Crippen LogP contribution is 2.11. The molecular formula is C14H24OS. The van der Waals surface area contributed by atoms with Crippen LogP contribution in [0.2, 0.25) is 0 Å². The van der Waals surface area contributed by atoms with Crippen molar-refractivity contribution in [3.05, 3.63) is 22.4 Å². The number of unbranched alkanes of at least 4 members (excludes halogenated alkanes) is 3. The van der Waals surface area contributed by atoms with Crippen LogP contribution < -0.4 is 0 Å². The summed E-state index contributed by atoms with van der Waals surface area (Å²) in [5.74, 6) is 0. The first-order valence-electron chi connectivity index (χ1n) is 6.45. The molecule has 1 aromatic heterocycles. The summed E-state index contributed by atoms with van der Waals surface area (Å²) < 4.78 is 5.79. The van der Waals surface area contributed by atoms with E-state index in [-0.39, 0.29) is 0 Å². The van der Waals surface area contributed by atoms with Gasteiger partial charge in [0, 0.05) is 6.61 Å². The summed E-state index contributed by atoms with van der Waals surface area (Å²) in [5, 5.41) is 4.37. The molecule has 0 N–H and O–H groups in total. The fourth-order valence-corrected chi connectivity index (χ4v) is 2.40. The third kappa shape index (κ3) is 6.29. The normalized spacial score (nSPS) is 12.9. The molecule has 0 amide bonds. The standard InChI is InChI=1S/C14H24OS/c1-3-4-5-6-10-15-13(2)7-8-14-9-11-16-12-14/h9,11-13H,3-8,10H2,1-2H3. The second-order valence-electron chi connectivity index (χ2n) is 4.41. The van der Waals surface area contributed by atoms with Crippen LogP contribution in [0.25, 0.3) is 0 Å². The van der Waals surface area contributed by atoms with E-state index in [1.807, 2.05) is 0 Å². The molecule has 16 heavy (non-hydrogen) atoms. The van der Waals surface area contributed by atoms with Gasteiger partial charge in [0.05, 0.1) is 6.10 Å². The molecule has 1 unspecified atom stereocenters. The van der Waals surface area contributed by atoms with Gasteiger partial charge in [0.15, 0.2) is 0 Å². The Hall–Kier alpha value is -0.340. The van der Waals surface area contributed by atoms with Crippen molar-refractivity contribution in [3.63, 3.8) is 0 Å². The minimum absolute atomic E-state index is 0.404. The molecule has 0 radical (unpaired) electrons. The molecule has 1 aromatic rings. The van der Waals surface area contributed by atoms with E-state index in [4.69, 9.17) is 4.74 Å². The molecule has 0 saturated heterocycles. The van der Waals surface area contributed by atoms with E-state index in [2.05, 4.69) is 30.7 Å². The van der Waals surface area contributed by atoms with E-state index in [1.165, 1.54) is 31.2 Å². The molecule has 0 aliphatic rings. The molecule has 1 heterocycles. The molecule has 0 saturated carbocycles. The summed E-state index contributed by atoms with van der Waals surface area (Å²) >= 11 is 1.78. The highest BCUT2D eigenvalue weighted by Gasteiger charge is 2.02. The summed E-state index contributed by atoms with van der Waals surface area (Å²) in [5.41, 5.74) is 1.45. The molecule has 1 rings (SSSR count). The fourth-order valence-electron chi connectivity index (χ4n) is 1.70. The van der Waals surface area contributed by atoms with Gasteiger partial charge in [-0.15, -0.1) is 0 Å². The van der Waals surface area contributed by atoms with Gasteiger partial charge in [-0.3, -0.25) is 0 Å². The third-order valence-electron chi connectivity index (χ3n) is 2.82. The van der Waals surface area contributed by atoms with Crippen molar-refractivity contribution >= 4 is 11.3 Å². The van der Waals surface area contributed by atoms with Gasteiger partial charge in [-0.25, -0.2) is 0 Å². The highest BCUT2D eigenvalue weighted by molar-refractivity contribution is 7.07. The van der Waals surface area contributed by atoms with Crippen LogP contribution in [0, 0.1) is 0 Å². The lowest BCUT2D eigenvalue weighted by Crippen LogP contribution is -2.10. The monoisotopic (exact) mass is 240 g/mol. The lowest BCUT2D eigenvalue weighted by Gasteiger charge is -2.12. The fraction of sp³-hybridized carbons (Fsp3) is 0.714. The Morgan fingerprint density at radius 3 is 2.88 bits per heavy atom. The summed E-state index contributed by atoms with van der Waals surface area (Å²) in [6, 6.07) is 2.21. The quantitative estimate of drug-likeness (QED) is 0.570. The van der Waals surface area contributed by atoms with E-state index < -0.39 is 0 Å². The van der Waals surface area contributed by atoms with Crippen LogP contribution in [-0.2, 0) is 11.2 Å². The van der Waals surface area contributed by atoms with Crippen LogP contribution in [0.5, 0.6) is 0 Å². The molecule has 92 valence electrons. The zero-order valence-corrected chi connectivity index (χ0v) is 11.4. The smallest absolute Gasteiger partial charge is 0.0550 e. The van der Waals surface area contributed by atoms with Crippen molar-refractivity contribution in [2.24, 2.45) is 0 Å². The van der Waals surface area contributed by atoms with Crippen LogP contribution in [0.3, 0.4) is 0 Å². The Morgan fingerprint density at radius 1 is 1.31 bits per heavy atom. The Kier molecular flexibility index (Phi) is 7.52. The number of rotatable bonds is 9. The predicted molar refractivity (Wildman–Crippen MR) is 72.2 cm³/mol. The number of aryl methyl sites for hydroxylation is 1. The van der Waals surface area contributed by atoms with Crippen LogP contribution in [0.1, 0.15) is 51.5 Å². The average Bonchev–Trinajstić information content (AvgIpc) is 2.79. The number of ether oxygens (including phenoxy) is 1. The van der Waals surface area contributed by atoms with Crippen molar-refractivity contribution in [2.75, 3.05) is 6.61 Å². The maximum atomic E-state index is 5.79. The maximum absolute atomic E-state index is 5.79. The molecular weight excluding hydrogens is 216 g/mol. The van der Waals surface area contributed by atoms with E-state index in [0.717, 1.165) is 19.4 Å². The second kappa shape index (κ2) is 8.77. The van der Waals surface area contributed by atoms with Gasteiger partial charge in [0.2, 0.25) is 0 Å². The van der Waals surface area contributed by atoms with Crippen LogP contribution >= 0.6 is 11.3 Å². The van der Waals surface area contributed by atoms with Crippen LogP contribution in [-0.4, -0.2) is 12.7 Å². The zero-order chi connectivity index (χ0) is 11.6. The molecule has 0 aliphatic heterocycles. The van der Waals surface area contributed by atoms with Gasteiger partial charge in [-0.05, 0) is 48.6 Å². The zero-order valence-electron chi connectivity index (χ0n) is 10.6. The molecule has 0 spiro atoms. The molecule has 0 aliphatic carbocycles.